The molecule has 4 amide bonds. The number of nitrogens with one attached hydrogen (secondary N) is 3. The van der Waals surface area contributed by atoms with Gasteiger partial charge < -0.3 is 30.5 Å². The van der Waals surface area contributed by atoms with E-state index in [1.807, 2.05) is 63.2 Å². The van der Waals surface area contributed by atoms with Crippen LogP contribution in [0.5, 0.6) is 0 Å². The molecule has 3 atom stereocenters. The molecule has 11 heteroatoms. The third-order valence-corrected chi connectivity index (χ3v) is 6.70. The number of nitrogens with zero attached hydrogens (tertiary/aromatic N) is 3. The Kier molecular flexibility index (Phi) is 11.1. The van der Waals surface area contributed by atoms with Gasteiger partial charge in [-0.15, -0.1) is 0 Å². The van der Waals surface area contributed by atoms with Crippen LogP contribution >= 0.6 is 0 Å². The molecule has 0 spiro atoms. The minimum atomic E-state index is -0.938. The number of carbonyl (C=O) groups is 4. The number of hydrogen-bond acceptors (Lipinski definition) is 7. The standard InChI is InChI=1S/C30H40N6O5/c1-21(31-5)27(38)34-26(30(2,3)4)28(39)33-17-25(37)36-16-15-35(18-23-13-9-10-14-32-23)29(40)24(36)20-41-19-22-11-7-6-8-12-22/h6-16,21,24,26,31H,17-20H2,1-5H3,(H,33,39)(H,34,38)/t21-,24-,26+/m0/s1. The Morgan fingerprint density at radius 1 is 1.02 bits per heavy atom. The molecule has 0 aliphatic carbocycles. The average molecular weight is 565 g/mol. The summed E-state index contributed by atoms with van der Waals surface area (Å²) < 4.78 is 5.86. The molecule has 220 valence electrons. The molecular formula is C30H40N6O5. The Labute approximate surface area is 241 Å². The molecule has 0 saturated carbocycles. The maximum Gasteiger partial charge on any atom is 0.252 e. The van der Waals surface area contributed by atoms with E-state index in [0.29, 0.717) is 5.69 Å². The van der Waals surface area contributed by atoms with Crippen molar-refractivity contribution >= 4 is 23.6 Å². The van der Waals surface area contributed by atoms with Crippen molar-refractivity contribution in [2.45, 2.75) is 59.0 Å². The molecule has 0 bridgehead atoms. The number of aromatic nitrogens is 1. The molecule has 0 unspecified atom stereocenters. The lowest BCUT2D eigenvalue weighted by molar-refractivity contribution is -0.146. The van der Waals surface area contributed by atoms with Gasteiger partial charge in [0.05, 0.1) is 38.0 Å². The summed E-state index contributed by atoms with van der Waals surface area (Å²) in [5, 5.41) is 8.25. The summed E-state index contributed by atoms with van der Waals surface area (Å²) in [4.78, 5) is 59.5. The predicted octanol–water partition coefficient (Wildman–Crippen LogP) is 1.56. The molecule has 1 aromatic heterocycles. The van der Waals surface area contributed by atoms with E-state index >= 15 is 0 Å². The van der Waals surface area contributed by atoms with E-state index in [1.165, 1.54) is 22.2 Å². The highest BCUT2D eigenvalue weighted by atomic mass is 16.5. The van der Waals surface area contributed by atoms with Crippen LogP contribution in [-0.2, 0) is 37.1 Å². The maximum atomic E-state index is 13.5. The Morgan fingerprint density at radius 3 is 2.37 bits per heavy atom. The lowest BCUT2D eigenvalue weighted by Gasteiger charge is -2.36. The van der Waals surface area contributed by atoms with Gasteiger partial charge in [0.1, 0.15) is 12.1 Å². The highest BCUT2D eigenvalue weighted by Gasteiger charge is 2.37. The van der Waals surface area contributed by atoms with Crippen molar-refractivity contribution in [1.29, 1.82) is 0 Å². The summed E-state index contributed by atoms with van der Waals surface area (Å²) in [6, 6.07) is 12.7. The number of hydrogen-bond donors (Lipinski definition) is 3. The first-order valence-corrected chi connectivity index (χ1v) is 13.6. The number of rotatable bonds is 12. The molecule has 1 aliphatic heterocycles. The molecule has 1 aliphatic rings. The molecular weight excluding hydrogens is 524 g/mol. The van der Waals surface area contributed by atoms with Gasteiger partial charge in [-0.1, -0.05) is 57.2 Å². The van der Waals surface area contributed by atoms with Gasteiger partial charge in [-0.05, 0) is 37.1 Å². The van der Waals surface area contributed by atoms with Gasteiger partial charge in [0.15, 0.2) is 0 Å². The molecule has 3 N–H and O–H groups in total. The second-order valence-electron chi connectivity index (χ2n) is 10.9. The largest absolute Gasteiger partial charge is 0.374 e. The van der Waals surface area contributed by atoms with Crippen molar-refractivity contribution in [3.63, 3.8) is 0 Å². The third-order valence-electron chi connectivity index (χ3n) is 6.70. The fourth-order valence-electron chi connectivity index (χ4n) is 4.14. The monoisotopic (exact) mass is 564 g/mol. The van der Waals surface area contributed by atoms with Gasteiger partial charge >= 0.3 is 0 Å². The van der Waals surface area contributed by atoms with Crippen molar-refractivity contribution in [3.8, 4) is 0 Å². The van der Waals surface area contributed by atoms with E-state index in [9.17, 15) is 19.2 Å². The molecule has 3 rings (SSSR count). The van der Waals surface area contributed by atoms with Gasteiger partial charge in [-0.25, -0.2) is 0 Å². The number of carbonyl (C=O) groups excluding carboxylic acids is 4. The average Bonchev–Trinajstić information content (AvgIpc) is 2.96. The zero-order valence-corrected chi connectivity index (χ0v) is 24.3. The molecule has 11 nitrogen and oxygen atoms in total. The Bertz CT molecular complexity index is 1210. The fraction of sp³-hybridized carbons (Fsp3) is 0.433. The summed E-state index contributed by atoms with van der Waals surface area (Å²) in [5.41, 5.74) is 1.02. The summed E-state index contributed by atoms with van der Waals surface area (Å²) in [6.07, 6.45) is 4.70. The van der Waals surface area contributed by atoms with E-state index in [4.69, 9.17) is 4.74 Å². The second kappa shape index (κ2) is 14.5. The second-order valence-corrected chi connectivity index (χ2v) is 10.9. The Morgan fingerprint density at radius 2 is 1.73 bits per heavy atom. The number of pyridine rings is 1. The first kappa shape index (κ1) is 31.4. The molecule has 2 aromatic rings. The van der Waals surface area contributed by atoms with E-state index in [0.717, 1.165) is 5.56 Å². The van der Waals surface area contributed by atoms with Crippen LogP contribution < -0.4 is 16.0 Å². The highest BCUT2D eigenvalue weighted by molar-refractivity contribution is 5.94. The number of likely N-dealkylation sites (N-methyl/N-ethyl adjacent to an activating group) is 1. The summed E-state index contributed by atoms with van der Waals surface area (Å²) in [6.45, 7) is 7.26. The van der Waals surface area contributed by atoms with E-state index in [2.05, 4.69) is 20.9 Å². The van der Waals surface area contributed by atoms with Crippen LogP contribution in [0.2, 0.25) is 0 Å². The lowest BCUT2D eigenvalue weighted by Crippen LogP contribution is -2.58. The van der Waals surface area contributed by atoms with Gasteiger partial charge in [0, 0.05) is 18.6 Å². The van der Waals surface area contributed by atoms with Crippen LogP contribution in [-0.4, -0.2) is 76.7 Å². The lowest BCUT2D eigenvalue weighted by atomic mass is 9.86. The fourth-order valence-corrected chi connectivity index (χ4v) is 4.14. The van der Waals surface area contributed by atoms with Crippen molar-refractivity contribution in [2.24, 2.45) is 5.41 Å². The van der Waals surface area contributed by atoms with Crippen LogP contribution in [0.25, 0.3) is 0 Å². The third kappa shape index (κ3) is 8.95. The predicted molar refractivity (Wildman–Crippen MR) is 154 cm³/mol. The first-order valence-electron chi connectivity index (χ1n) is 13.6. The SMILES string of the molecule is CN[C@@H](C)C(=O)N[C@H](C(=O)NCC(=O)N1C=CN(Cc2ccccn2)C(=O)[C@@H]1COCc1ccccc1)C(C)(C)C. The van der Waals surface area contributed by atoms with E-state index in [-0.39, 0.29) is 38.1 Å². The van der Waals surface area contributed by atoms with E-state index < -0.39 is 35.4 Å². The Hall–Kier alpha value is -4.09. The maximum absolute atomic E-state index is 13.5. The molecule has 0 saturated heterocycles. The van der Waals surface area contributed by atoms with Crippen LogP contribution in [0.3, 0.4) is 0 Å². The van der Waals surface area contributed by atoms with Crippen LogP contribution in [0.1, 0.15) is 39.0 Å². The number of benzene rings is 1. The number of amides is 4. The molecule has 41 heavy (non-hydrogen) atoms. The summed E-state index contributed by atoms with van der Waals surface area (Å²) in [5.74, 6) is -1.64. The van der Waals surface area contributed by atoms with Crippen molar-refractivity contribution in [3.05, 3.63) is 78.4 Å². The minimum Gasteiger partial charge on any atom is -0.374 e. The summed E-state index contributed by atoms with van der Waals surface area (Å²) >= 11 is 0. The van der Waals surface area contributed by atoms with Crippen LogP contribution in [0.4, 0.5) is 0 Å². The van der Waals surface area contributed by atoms with Crippen LogP contribution in [0, 0.1) is 5.41 Å². The smallest absolute Gasteiger partial charge is 0.252 e. The quantitative estimate of drug-likeness (QED) is 0.356. The normalized spacial score (nSPS) is 16.7. The van der Waals surface area contributed by atoms with Gasteiger partial charge in [0.25, 0.3) is 5.91 Å². The zero-order valence-electron chi connectivity index (χ0n) is 24.3. The van der Waals surface area contributed by atoms with Crippen molar-refractivity contribution in [1.82, 2.24) is 30.7 Å². The van der Waals surface area contributed by atoms with Gasteiger partial charge in [0.2, 0.25) is 17.7 Å². The van der Waals surface area contributed by atoms with Crippen LogP contribution in [0.15, 0.2) is 67.1 Å². The van der Waals surface area contributed by atoms with E-state index in [1.54, 1.807) is 26.2 Å². The molecule has 2 heterocycles. The molecule has 0 fully saturated rings. The highest BCUT2D eigenvalue weighted by Crippen LogP contribution is 2.20. The van der Waals surface area contributed by atoms with Gasteiger partial charge in [-0.3, -0.25) is 24.2 Å². The van der Waals surface area contributed by atoms with Gasteiger partial charge in [-0.2, -0.15) is 0 Å². The van der Waals surface area contributed by atoms with Crippen molar-refractivity contribution in [2.75, 3.05) is 20.2 Å². The summed E-state index contributed by atoms with van der Waals surface area (Å²) in [7, 11) is 1.65. The number of ether oxygens (including phenoxy) is 1. The zero-order chi connectivity index (χ0) is 30.0. The molecule has 0 radical (unpaired) electrons. The van der Waals surface area contributed by atoms with Crippen molar-refractivity contribution < 1.29 is 23.9 Å². The first-order chi connectivity index (χ1) is 19.5. The Balaban J connectivity index is 1.72. The molecule has 1 aromatic carbocycles. The minimum absolute atomic E-state index is 0.0426. The topological polar surface area (TPSA) is 133 Å².